The molecule has 0 aliphatic carbocycles. The standard InChI is InChI=1S/C38H24BN3S/c1-23-11-3-4-12-25(23)27-14-9-15-28-37(27)41-31-21-24(26-13-5-6-17-30(26)40-2)22-33-36(31)39(28)29-16-10-20-35-38(29)42(33)32-18-7-8-19-34(32)43-35/h3-22,41H,1H3. The second-order valence-electron chi connectivity index (χ2n) is 11.3. The van der Waals surface area contributed by atoms with Crippen molar-refractivity contribution in [3.63, 3.8) is 0 Å². The number of hydrogen-bond acceptors (Lipinski definition) is 3. The first kappa shape index (κ1) is 24.4. The van der Waals surface area contributed by atoms with Gasteiger partial charge in [-0.1, -0.05) is 103 Å². The Labute approximate surface area is 255 Å². The lowest BCUT2D eigenvalue weighted by Crippen LogP contribution is -2.60. The van der Waals surface area contributed by atoms with Crippen molar-refractivity contribution in [1.82, 2.24) is 0 Å². The van der Waals surface area contributed by atoms with E-state index in [2.05, 4.69) is 125 Å². The number of rotatable bonds is 2. The number of aryl methyl sites for hydroxylation is 1. The molecule has 0 amide bonds. The van der Waals surface area contributed by atoms with Crippen LogP contribution in [0.15, 0.2) is 131 Å². The Morgan fingerprint density at radius 1 is 0.698 bits per heavy atom. The Morgan fingerprint density at radius 2 is 1.42 bits per heavy atom. The van der Waals surface area contributed by atoms with Gasteiger partial charge in [-0.15, -0.1) is 0 Å². The lowest BCUT2D eigenvalue weighted by Gasteiger charge is -2.44. The van der Waals surface area contributed by atoms with Gasteiger partial charge in [0.05, 0.1) is 17.9 Å². The molecule has 200 valence electrons. The number of nitrogens with one attached hydrogen (secondary N) is 1. The molecule has 0 aromatic heterocycles. The molecule has 3 aliphatic rings. The Hall–Kier alpha value is -5.18. The van der Waals surface area contributed by atoms with Crippen molar-refractivity contribution in [3.05, 3.63) is 138 Å². The summed E-state index contributed by atoms with van der Waals surface area (Å²) >= 11 is 1.85. The monoisotopic (exact) mass is 565 g/mol. The van der Waals surface area contributed by atoms with Crippen LogP contribution in [0.3, 0.4) is 0 Å². The Kier molecular flexibility index (Phi) is 5.20. The average molecular weight is 566 g/mol. The van der Waals surface area contributed by atoms with Crippen LogP contribution >= 0.6 is 11.8 Å². The van der Waals surface area contributed by atoms with E-state index in [1.165, 1.54) is 59.9 Å². The van der Waals surface area contributed by atoms with Crippen LogP contribution in [0.5, 0.6) is 0 Å². The average Bonchev–Trinajstić information content (AvgIpc) is 3.05. The maximum Gasteiger partial charge on any atom is 0.252 e. The van der Waals surface area contributed by atoms with Crippen molar-refractivity contribution in [1.29, 1.82) is 0 Å². The van der Waals surface area contributed by atoms with Crippen LogP contribution < -0.4 is 26.6 Å². The minimum absolute atomic E-state index is 0.0763. The predicted octanol–water partition coefficient (Wildman–Crippen LogP) is 8.70. The number of hydrogen-bond donors (Lipinski definition) is 1. The molecule has 0 saturated heterocycles. The summed E-state index contributed by atoms with van der Waals surface area (Å²) < 4.78 is 0. The Bertz CT molecular complexity index is 2200. The fourth-order valence-electron chi connectivity index (χ4n) is 7.17. The molecule has 0 fully saturated rings. The number of para-hydroxylation sites is 4. The number of anilines is 5. The SMILES string of the molecule is [C-]#[N+]c1ccccc1-c1cc2c3c(c1)N1c4ccccc4Sc4cccc(c41)B3c1cccc(-c3ccccc3C)c1N2. The van der Waals surface area contributed by atoms with Gasteiger partial charge in [-0.05, 0) is 75.9 Å². The van der Waals surface area contributed by atoms with Gasteiger partial charge in [0.1, 0.15) is 0 Å². The van der Waals surface area contributed by atoms with E-state index in [4.69, 9.17) is 6.57 Å². The van der Waals surface area contributed by atoms with Crippen molar-refractivity contribution in [2.45, 2.75) is 16.7 Å². The first-order valence-electron chi connectivity index (χ1n) is 14.5. The molecule has 6 aromatic rings. The van der Waals surface area contributed by atoms with Gasteiger partial charge in [0.15, 0.2) is 5.69 Å². The van der Waals surface area contributed by atoms with Gasteiger partial charge in [0.2, 0.25) is 0 Å². The van der Waals surface area contributed by atoms with Crippen molar-refractivity contribution in [3.8, 4) is 22.3 Å². The van der Waals surface area contributed by atoms with Gasteiger partial charge in [-0.3, -0.25) is 0 Å². The van der Waals surface area contributed by atoms with Crippen LogP contribution in [0.25, 0.3) is 27.1 Å². The molecule has 0 spiro atoms. The minimum atomic E-state index is 0.0763. The highest BCUT2D eigenvalue weighted by Gasteiger charge is 2.44. The highest BCUT2D eigenvalue weighted by atomic mass is 32.2. The molecule has 9 rings (SSSR count). The van der Waals surface area contributed by atoms with E-state index in [0.29, 0.717) is 5.69 Å². The summed E-state index contributed by atoms with van der Waals surface area (Å²) in [6, 6.07) is 43.4. The summed E-state index contributed by atoms with van der Waals surface area (Å²) in [7, 11) is 0. The third-order valence-electron chi connectivity index (χ3n) is 9.02. The number of benzene rings is 6. The van der Waals surface area contributed by atoms with E-state index in [1.54, 1.807) is 0 Å². The van der Waals surface area contributed by atoms with Gasteiger partial charge in [0.25, 0.3) is 6.71 Å². The van der Waals surface area contributed by atoms with E-state index in [1.807, 2.05) is 30.0 Å². The molecule has 3 aliphatic heterocycles. The third kappa shape index (κ3) is 3.45. The highest BCUT2D eigenvalue weighted by Crippen LogP contribution is 2.53. The van der Waals surface area contributed by atoms with Crippen LogP contribution in [0.1, 0.15) is 5.56 Å². The van der Waals surface area contributed by atoms with E-state index in [-0.39, 0.29) is 6.71 Å². The van der Waals surface area contributed by atoms with Crippen LogP contribution in [0.4, 0.5) is 34.1 Å². The molecule has 5 heteroatoms. The molecule has 6 aromatic carbocycles. The molecular weight excluding hydrogens is 541 g/mol. The summed E-state index contributed by atoms with van der Waals surface area (Å²) in [5.41, 5.74) is 16.1. The molecule has 0 atom stereocenters. The first-order chi connectivity index (χ1) is 21.2. The van der Waals surface area contributed by atoms with E-state index >= 15 is 0 Å². The van der Waals surface area contributed by atoms with Crippen LogP contribution in [0.2, 0.25) is 0 Å². The van der Waals surface area contributed by atoms with Gasteiger partial charge < -0.3 is 10.2 Å². The smallest absolute Gasteiger partial charge is 0.252 e. The zero-order valence-corrected chi connectivity index (χ0v) is 24.2. The van der Waals surface area contributed by atoms with E-state index < -0.39 is 0 Å². The molecule has 0 bridgehead atoms. The molecule has 3 heterocycles. The number of nitrogens with zero attached hydrogens (tertiary/aromatic N) is 2. The molecule has 0 radical (unpaired) electrons. The molecule has 0 saturated carbocycles. The first-order valence-corrected chi connectivity index (χ1v) is 15.3. The van der Waals surface area contributed by atoms with Crippen molar-refractivity contribution < 1.29 is 0 Å². The van der Waals surface area contributed by atoms with Gasteiger partial charge in [0, 0.05) is 32.4 Å². The van der Waals surface area contributed by atoms with Crippen molar-refractivity contribution >= 4 is 69.0 Å². The lowest BCUT2D eigenvalue weighted by molar-refractivity contribution is 1.17. The van der Waals surface area contributed by atoms with Crippen LogP contribution in [-0.4, -0.2) is 6.71 Å². The fourth-order valence-corrected chi connectivity index (χ4v) is 8.27. The molecule has 1 N–H and O–H groups in total. The maximum atomic E-state index is 7.91. The predicted molar refractivity (Wildman–Crippen MR) is 181 cm³/mol. The minimum Gasteiger partial charge on any atom is -0.356 e. The Balaban J connectivity index is 1.39. The quantitative estimate of drug-likeness (QED) is 0.167. The summed E-state index contributed by atoms with van der Waals surface area (Å²) in [6.45, 7) is 10.2. The van der Waals surface area contributed by atoms with Crippen molar-refractivity contribution in [2.24, 2.45) is 0 Å². The van der Waals surface area contributed by atoms with E-state index in [9.17, 15) is 0 Å². The zero-order valence-electron chi connectivity index (χ0n) is 23.4. The van der Waals surface area contributed by atoms with Gasteiger partial charge >= 0.3 is 0 Å². The second kappa shape index (κ2) is 9.16. The van der Waals surface area contributed by atoms with Crippen LogP contribution in [0, 0.1) is 13.5 Å². The number of fused-ring (bicyclic) bond motifs is 6. The molecule has 3 nitrogen and oxygen atoms in total. The zero-order chi connectivity index (χ0) is 28.7. The van der Waals surface area contributed by atoms with E-state index in [0.717, 1.165) is 22.5 Å². The van der Waals surface area contributed by atoms with Crippen LogP contribution in [-0.2, 0) is 0 Å². The molecule has 0 unspecified atom stereocenters. The molecule has 43 heavy (non-hydrogen) atoms. The summed E-state index contributed by atoms with van der Waals surface area (Å²) in [5.74, 6) is 0. The molecular formula is C38H24BN3S. The summed E-state index contributed by atoms with van der Waals surface area (Å²) in [5, 5.41) is 3.94. The third-order valence-corrected chi connectivity index (χ3v) is 10.1. The largest absolute Gasteiger partial charge is 0.356 e. The Morgan fingerprint density at radius 3 is 2.30 bits per heavy atom. The summed E-state index contributed by atoms with van der Waals surface area (Å²) in [4.78, 5) is 8.87. The van der Waals surface area contributed by atoms with Gasteiger partial charge in [-0.25, -0.2) is 4.85 Å². The van der Waals surface area contributed by atoms with Crippen molar-refractivity contribution in [2.75, 3.05) is 10.2 Å². The topological polar surface area (TPSA) is 19.6 Å². The summed E-state index contributed by atoms with van der Waals surface area (Å²) in [6.07, 6.45) is 0. The highest BCUT2D eigenvalue weighted by molar-refractivity contribution is 7.99. The normalized spacial score (nSPS) is 13.2. The fraction of sp³-hybridized carbons (Fsp3) is 0.0263. The van der Waals surface area contributed by atoms with Gasteiger partial charge in [-0.2, -0.15) is 0 Å². The second-order valence-corrected chi connectivity index (χ2v) is 12.4. The maximum absolute atomic E-state index is 7.91. The lowest BCUT2D eigenvalue weighted by atomic mass is 9.33.